The second kappa shape index (κ2) is 6.50. The van der Waals surface area contributed by atoms with Crippen LogP contribution in [0.2, 0.25) is 0 Å². The number of hydrogen-bond acceptors (Lipinski definition) is 5. The Morgan fingerprint density at radius 2 is 2.35 bits per heavy atom. The number of fused-ring (bicyclic) bond motifs is 1. The maximum Gasteiger partial charge on any atom is 0.166 e. The SMILES string of the molecule is [2H]c1nc(C([2H])([2H])Sc2nc3ccc(OC)cc3[nH]2)c(C([2H])([2H])[2H])c(OC([2H])([2H])[2H])c1C([2H])([2H])[2H]. The van der Waals surface area contributed by atoms with Gasteiger partial charge in [-0.05, 0) is 25.8 Å². The summed E-state index contributed by atoms with van der Waals surface area (Å²) in [6, 6.07) is 4.87. The van der Waals surface area contributed by atoms with Crippen LogP contribution >= 0.6 is 11.8 Å². The molecule has 120 valence electrons. The Kier molecular flexibility index (Phi) is 1.90. The van der Waals surface area contributed by atoms with Gasteiger partial charge in [-0.3, -0.25) is 4.98 Å². The van der Waals surface area contributed by atoms with Crippen molar-refractivity contribution in [3.63, 3.8) is 0 Å². The lowest BCUT2D eigenvalue weighted by molar-refractivity contribution is 0.407. The Hall–Kier alpha value is -2.21. The summed E-state index contributed by atoms with van der Waals surface area (Å²) in [6.45, 7) is -6.41. The van der Waals surface area contributed by atoms with Crippen molar-refractivity contribution in [1.82, 2.24) is 15.0 Å². The summed E-state index contributed by atoms with van der Waals surface area (Å²) in [6.07, 6.45) is -1.04. The smallest absolute Gasteiger partial charge is 0.166 e. The van der Waals surface area contributed by atoms with Crippen molar-refractivity contribution < 1.29 is 25.9 Å². The summed E-state index contributed by atoms with van der Waals surface area (Å²) in [5, 5.41) is 0.0151. The molecule has 0 saturated carbocycles. The molecule has 0 bridgehead atoms. The molecule has 1 N–H and O–H groups in total. The second-order valence-corrected chi connectivity index (χ2v) is 5.18. The summed E-state index contributed by atoms with van der Waals surface area (Å²) < 4.78 is 104. The van der Waals surface area contributed by atoms with E-state index in [1.165, 1.54) is 7.11 Å². The summed E-state index contributed by atoms with van der Waals surface area (Å²) >= 11 is 0.410. The summed E-state index contributed by atoms with van der Waals surface area (Å²) in [5.74, 6) is -0.628. The third-order valence-corrected chi connectivity index (χ3v) is 3.67. The first-order chi connectivity index (χ1) is 15.8. The molecule has 2 heterocycles. The van der Waals surface area contributed by atoms with E-state index >= 15 is 0 Å². The lowest BCUT2D eigenvalue weighted by Crippen LogP contribution is -1.98. The number of benzene rings is 1. The van der Waals surface area contributed by atoms with E-state index in [1.54, 1.807) is 18.2 Å². The average Bonchev–Trinajstić information content (AvgIpc) is 3.04. The van der Waals surface area contributed by atoms with Crippen LogP contribution in [0, 0.1) is 13.7 Å². The van der Waals surface area contributed by atoms with Crippen LogP contribution in [0.15, 0.2) is 29.5 Å². The van der Waals surface area contributed by atoms with E-state index < -0.39 is 55.2 Å². The Balaban J connectivity index is 2.24. The van der Waals surface area contributed by atoms with Gasteiger partial charge in [-0.25, -0.2) is 4.98 Å². The van der Waals surface area contributed by atoms with Crippen LogP contribution in [0.4, 0.5) is 0 Å². The standard InChI is InChI=1S/C17H19N3O2S/c1-10-8-18-15(11(2)16(10)22-4)9-23-17-19-13-6-5-12(21-3)7-14(13)20-17/h5-8H,9H2,1-4H3,(H,19,20)/i1D3,2D3,4D3,8D,9D2. The van der Waals surface area contributed by atoms with E-state index in [9.17, 15) is 0 Å². The Morgan fingerprint density at radius 1 is 1.39 bits per heavy atom. The van der Waals surface area contributed by atoms with E-state index in [2.05, 4.69) is 15.0 Å². The zero-order chi connectivity index (χ0) is 26.6. The van der Waals surface area contributed by atoms with Gasteiger partial charge in [0.2, 0.25) is 0 Å². The highest BCUT2D eigenvalue weighted by atomic mass is 32.2. The predicted octanol–water partition coefficient (Wildman–Crippen LogP) is 3.88. The van der Waals surface area contributed by atoms with Gasteiger partial charge in [0.1, 0.15) is 11.5 Å². The quantitative estimate of drug-likeness (QED) is 0.714. The zero-order valence-corrected chi connectivity index (χ0v) is 12.7. The fourth-order valence-electron chi connectivity index (χ4n) is 1.86. The third-order valence-electron chi connectivity index (χ3n) is 2.98. The molecule has 2 aromatic heterocycles. The molecule has 0 aliphatic heterocycles. The number of hydrogen-bond donors (Lipinski definition) is 1. The van der Waals surface area contributed by atoms with Crippen molar-refractivity contribution >= 4 is 22.8 Å². The van der Waals surface area contributed by atoms with Gasteiger partial charge >= 0.3 is 0 Å². The number of H-pyrrole nitrogens is 1. The summed E-state index contributed by atoms with van der Waals surface area (Å²) in [7, 11) is -1.82. The molecular weight excluding hydrogens is 310 g/mol. The number of thioether (sulfide) groups is 1. The maximum absolute atomic E-state index is 8.54. The van der Waals surface area contributed by atoms with E-state index in [0.29, 0.717) is 28.5 Å². The minimum absolute atomic E-state index is 0.0151. The fraction of sp³-hybridized carbons (Fsp3) is 0.294. The minimum Gasteiger partial charge on any atom is -0.497 e. The van der Waals surface area contributed by atoms with Gasteiger partial charge in [-0.2, -0.15) is 0 Å². The van der Waals surface area contributed by atoms with Gasteiger partial charge in [0.25, 0.3) is 0 Å². The third kappa shape index (κ3) is 3.12. The van der Waals surface area contributed by atoms with Crippen molar-refractivity contribution in [2.75, 3.05) is 14.1 Å². The number of aromatic amines is 1. The Morgan fingerprint density at radius 3 is 3.13 bits per heavy atom. The first-order valence-corrected chi connectivity index (χ1v) is 7.13. The van der Waals surface area contributed by atoms with Crippen LogP contribution in [0.3, 0.4) is 0 Å². The number of imidazole rings is 1. The number of pyridine rings is 1. The van der Waals surface area contributed by atoms with Gasteiger partial charge in [0, 0.05) is 40.0 Å². The lowest BCUT2D eigenvalue weighted by atomic mass is 10.1. The van der Waals surface area contributed by atoms with Gasteiger partial charge < -0.3 is 14.5 Å². The second-order valence-electron chi connectivity index (χ2n) is 4.38. The lowest BCUT2D eigenvalue weighted by Gasteiger charge is -2.11. The fourth-order valence-corrected chi connectivity index (χ4v) is 2.51. The molecule has 0 atom stereocenters. The van der Waals surface area contributed by atoms with E-state index in [1.807, 2.05) is 0 Å². The van der Waals surface area contributed by atoms with E-state index in [4.69, 9.17) is 25.9 Å². The highest BCUT2D eigenvalue weighted by molar-refractivity contribution is 7.98. The van der Waals surface area contributed by atoms with E-state index in [0.717, 1.165) is 0 Å². The van der Waals surface area contributed by atoms with Gasteiger partial charge in [-0.1, -0.05) is 11.8 Å². The molecule has 0 saturated heterocycles. The molecule has 0 aliphatic rings. The molecule has 0 unspecified atom stereocenters. The number of rotatable bonds is 5. The molecule has 3 rings (SSSR count). The molecular formula is C17H19N3O2S. The highest BCUT2D eigenvalue weighted by Gasteiger charge is 2.11. The number of aromatic nitrogens is 3. The van der Waals surface area contributed by atoms with Gasteiger partial charge in [0.05, 0.1) is 36.4 Å². The van der Waals surface area contributed by atoms with E-state index in [-0.39, 0.29) is 5.16 Å². The Bertz CT molecular complexity index is 1250. The molecule has 0 fully saturated rings. The first-order valence-electron chi connectivity index (χ1n) is 12.3. The molecule has 0 radical (unpaired) electrons. The van der Waals surface area contributed by atoms with Crippen LogP contribution in [-0.4, -0.2) is 29.1 Å². The summed E-state index contributed by atoms with van der Waals surface area (Å²) in [5.41, 5.74) is -4.73. The topological polar surface area (TPSA) is 60.0 Å². The number of ether oxygens (including phenoxy) is 2. The monoisotopic (exact) mass is 341 g/mol. The van der Waals surface area contributed by atoms with Crippen LogP contribution in [-0.2, 0) is 5.70 Å². The van der Waals surface area contributed by atoms with Crippen molar-refractivity contribution in [1.29, 1.82) is 0 Å². The van der Waals surface area contributed by atoms with Gasteiger partial charge in [-0.15, -0.1) is 0 Å². The number of methoxy groups -OCH3 is 2. The molecule has 0 amide bonds. The van der Waals surface area contributed by atoms with Crippen molar-refractivity contribution in [2.45, 2.75) is 24.6 Å². The largest absolute Gasteiger partial charge is 0.497 e. The molecule has 0 aliphatic carbocycles. The molecule has 3 aromatic rings. The number of nitrogens with one attached hydrogen (secondary N) is 1. The van der Waals surface area contributed by atoms with Crippen LogP contribution < -0.4 is 9.47 Å². The van der Waals surface area contributed by atoms with Crippen molar-refractivity contribution in [3.05, 3.63) is 41.2 Å². The highest BCUT2D eigenvalue weighted by Crippen LogP contribution is 2.29. The zero-order valence-electron chi connectivity index (χ0n) is 23.9. The predicted molar refractivity (Wildman–Crippen MR) is 92.5 cm³/mol. The van der Waals surface area contributed by atoms with Crippen LogP contribution in [0.1, 0.15) is 33.3 Å². The molecule has 1 aromatic carbocycles. The molecule has 6 heteroatoms. The van der Waals surface area contributed by atoms with Crippen molar-refractivity contribution in [2.24, 2.45) is 0 Å². The molecule has 5 nitrogen and oxygen atoms in total. The first kappa shape index (κ1) is 6.73. The Labute approximate surface area is 156 Å². The minimum atomic E-state index is -3.29. The average molecular weight is 341 g/mol. The summed E-state index contributed by atoms with van der Waals surface area (Å²) in [4.78, 5) is 10.8. The van der Waals surface area contributed by atoms with Crippen molar-refractivity contribution in [3.8, 4) is 11.5 Å². The maximum atomic E-state index is 8.54. The van der Waals surface area contributed by atoms with Gasteiger partial charge in [0.15, 0.2) is 5.16 Å². The van der Waals surface area contributed by atoms with Crippen LogP contribution in [0.25, 0.3) is 11.0 Å². The molecule has 23 heavy (non-hydrogen) atoms. The van der Waals surface area contributed by atoms with Crippen LogP contribution in [0.5, 0.6) is 11.5 Å². The normalized spacial score (nSPS) is 20.9. The molecule has 0 spiro atoms. The number of nitrogens with zero attached hydrogens (tertiary/aromatic N) is 2.